The zero-order valence-electron chi connectivity index (χ0n) is 7.71. The molecular weight excluding hydrogens is 180 g/mol. The van der Waals surface area contributed by atoms with Crippen molar-refractivity contribution in [2.24, 2.45) is 7.05 Å². The number of nitrogen functional groups attached to an aromatic ring is 1. The smallest absolute Gasteiger partial charge is 0.165 e. The standard InChI is InChI=1S/C9H10N4O/c1-13-6-7(4-12-13)14-9-2-3-11-5-8(9)10/h2-6H,10H2,1H3. The molecule has 0 atom stereocenters. The molecule has 0 spiro atoms. The summed E-state index contributed by atoms with van der Waals surface area (Å²) in [6.45, 7) is 0. The van der Waals surface area contributed by atoms with E-state index in [0.29, 0.717) is 17.2 Å². The summed E-state index contributed by atoms with van der Waals surface area (Å²) < 4.78 is 7.14. The lowest BCUT2D eigenvalue weighted by atomic mass is 10.4. The minimum atomic E-state index is 0.511. The fraction of sp³-hybridized carbons (Fsp3) is 0.111. The largest absolute Gasteiger partial charge is 0.452 e. The van der Waals surface area contributed by atoms with Crippen LogP contribution in [0.1, 0.15) is 0 Å². The lowest BCUT2D eigenvalue weighted by Gasteiger charge is -2.04. The van der Waals surface area contributed by atoms with E-state index >= 15 is 0 Å². The van der Waals surface area contributed by atoms with Gasteiger partial charge >= 0.3 is 0 Å². The Labute approximate surface area is 81.1 Å². The average Bonchev–Trinajstić information content (AvgIpc) is 2.56. The van der Waals surface area contributed by atoms with Gasteiger partial charge in [0.2, 0.25) is 0 Å². The van der Waals surface area contributed by atoms with Crippen LogP contribution in [0.3, 0.4) is 0 Å². The molecule has 2 aromatic rings. The molecule has 0 aliphatic heterocycles. The number of hydrogen-bond donors (Lipinski definition) is 1. The molecule has 0 unspecified atom stereocenters. The quantitative estimate of drug-likeness (QED) is 0.772. The molecule has 0 bridgehead atoms. The number of anilines is 1. The predicted octanol–water partition coefficient (Wildman–Crippen LogP) is 1.19. The maximum atomic E-state index is 5.66. The molecule has 0 fully saturated rings. The van der Waals surface area contributed by atoms with Gasteiger partial charge in [-0.05, 0) is 0 Å². The van der Waals surface area contributed by atoms with Crippen LogP contribution >= 0.6 is 0 Å². The minimum Gasteiger partial charge on any atom is -0.452 e. The number of hydrogen-bond acceptors (Lipinski definition) is 4. The number of aromatic nitrogens is 3. The first-order chi connectivity index (χ1) is 6.75. The maximum Gasteiger partial charge on any atom is 0.165 e. The third-order valence-electron chi connectivity index (χ3n) is 1.72. The molecule has 5 nitrogen and oxygen atoms in total. The highest BCUT2D eigenvalue weighted by atomic mass is 16.5. The molecule has 72 valence electrons. The number of nitrogens with zero attached hydrogens (tertiary/aromatic N) is 3. The van der Waals surface area contributed by atoms with Gasteiger partial charge < -0.3 is 10.5 Å². The maximum absolute atomic E-state index is 5.66. The summed E-state index contributed by atoms with van der Waals surface area (Å²) in [5, 5.41) is 3.98. The Morgan fingerprint density at radius 3 is 2.93 bits per heavy atom. The summed E-state index contributed by atoms with van der Waals surface area (Å²) in [6.07, 6.45) is 6.56. The van der Waals surface area contributed by atoms with Gasteiger partial charge in [-0.1, -0.05) is 0 Å². The first-order valence-corrected chi connectivity index (χ1v) is 4.11. The zero-order chi connectivity index (χ0) is 9.97. The summed E-state index contributed by atoms with van der Waals surface area (Å²) in [7, 11) is 1.82. The molecule has 0 aliphatic carbocycles. The highest BCUT2D eigenvalue weighted by Gasteiger charge is 2.02. The van der Waals surface area contributed by atoms with Gasteiger partial charge in [-0.2, -0.15) is 5.10 Å². The Balaban J connectivity index is 2.23. The van der Waals surface area contributed by atoms with Crippen LogP contribution in [0.15, 0.2) is 30.9 Å². The van der Waals surface area contributed by atoms with Gasteiger partial charge in [0.15, 0.2) is 11.5 Å². The monoisotopic (exact) mass is 190 g/mol. The number of pyridine rings is 1. The Bertz CT molecular complexity index is 438. The number of aryl methyl sites for hydroxylation is 1. The van der Waals surface area contributed by atoms with Crippen molar-refractivity contribution in [1.82, 2.24) is 14.8 Å². The van der Waals surface area contributed by atoms with E-state index in [-0.39, 0.29) is 0 Å². The lowest BCUT2D eigenvalue weighted by molar-refractivity contribution is 0.483. The van der Waals surface area contributed by atoms with E-state index in [1.165, 1.54) is 0 Å². The highest BCUT2D eigenvalue weighted by molar-refractivity contribution is 5.51. The average molecular weight is 190 g/mol. The molecule has 2 N–H and O–H groups in total. The Morgan fingerprint density at radius 1 is 1.43 bits per heavy atom. The van der Waals surface area contributed by atoms with Gasteiger partial charge in [0.05, 0.1) is 24.3 Å². The van der Waals surface area contributed by atoms with Crippen LogP contribution in [0.25, 0.3) is 0 Å². The second-order valence-corrected chi connectivity index (χ2v) is 2.87. The van der Waals surface area contributed by atoms with E-state index in [9.17, 15) is 0 Å². The topological polar surface area (TPSA) is 66.0 Å². The molecule has 0 amide bonds. The summed E-state index contributed by atoms with van der Waals surface area (Å²) >= 11 is 0. The van der Waals surface area contributed by atoms with Gasteiger partial charge in [0.1, 0.15) is 0 Å². The highest BCUT2D eigenvalue weighted by Crippen LogP contribution is 2.25. The molecule has 2 heterocycles. The molecular formula is C9H10N4O. The summed E-state index contributed by atoms with van der Waals surface area (Å²) in [5.41, 5.74) is 6.17. The predicted molar refractivity (Wildman–Crippen MR) is 51.9 cm³/mol. The van der Waals surface area contributed by atoms with Crippen molar-refractivity contribution in [2.45, 2.75) is 0 Å². The van der Waals surface area contributed by atoms with Gasteiger partial charge in [-0.3, -0.25) is 9.67 Å². The molecule has 0 saturated carbocycles. The van der Waals surface area contributed by atoms with E-state index in [4.69, 9.17) is 10.5 Å². The molecule has 5 heteroatoms. The van der Waals surface area contributed by atoms with Crippen molar-refractivity contribution in [3.8, 4) is 11.5 Å². The number of rotatable bonds is 2. The van der Waals surface area contributed by atoms with Crippen LogP contribution in [-0.4, -0.2) is 14.8 Å². The molecule has 14 heavy (non-hydrogen) atoms. The Hall–Kier alpha value is -2.04. The van der Waals surface area contributed by atoms with E-state index < -0.39 is 0 Å². The van der Waals surface area contributed by atoms with Crippen LogP contribution < -0.4 is 10.5 Å². The molecule has 2 aromatic heterocycles. The fourth-order valence-corrected chi connectivity index (χ4v) is 1.07. The van der Waals surface area contributed by atoms with Crippen molar-refractivity contribution < 1.29 is 4.74 Å². The van der Waals surface area contributed by atoms with E-state index in [0.717, 1.165) is 0 Å². The minimum absolute atomic E-state index is 0.511. The molecule has 0 aliphatic rings. The lowest BCUT2D eigenvalue weighted by Crippen LogP contribution is -1.91. The van der Waals surface area contributed by atoms with Gasteiger partial charge in [0.25, 0.3) is 0 Å². The Morgan fingerprint density at radius 2 is 2.29 bits per heavy atom. The molecule has 0 radical (unpaired) electrons. The van der Waals surface area contributed by atoms with Crippen molar-refractivity contribution in [3.05, 3.63) is 30.9 Å². The van der Waals surface area contributed by atoms with Crippen LogP contribution in [0, 0.1) is 0 Å². The van der Waals surface area contributed by atoms with Crippen molar-refractivity contribution >= 4 is 5.69 Å². The van der Waals surface area contributed by atoms with E-state index in [1.807, 2.05) is 7.05 Å². The van der Waals surface area contributed by atoms with Crippen LogP contribution in [0.5, 0.6) is 11.5 Å². The fourth-order valence-electron chi connectivity index (χ4n) is 1.07. The SMILES string of the molecule is Cn1cc(Oc2ccncc2N)cn1. The van der Waals surface area contributed by atoms with Crippen LogP contribution in [-0.2, 0) is 7.05 Å². The third-order valence-corrected chi connectivity index (χ3v) is 1.72. The van der Waals surface area contributed by atoms with Crippen molar-refractivity contribution in [3.63, 3.8) is 0 Å². The number of ether oxygens (including phenoxy) is 1. The van der Waals surface area contributed by atoms with Crippen LogP contribution in [0.2, 0.25) is 0 Å². The van der Waals surface area contributed by atoms with Gasteiger partial charge in [-0.15, -0.1) is 0 Å². The first kappa shape index (κ1) is 8.55. The molecule has 2 rings (SSSR count). The third kappa shape index (κ3) is 1.66. The van der Waals surface area contributed by atoms with Crippen LogP contribution in [0.4, 0.5) is 5.69 Å². The summed E-state index contributed by atoms with van der Waals surface area (Å²) in [6, 6.07) is 1.71. The molecule has 0 aromatic carbocycles. The Kier molecular flexibility index (Phi) is 2.06. The van der Waals surface area contributed by atoms with Crippen molar-refractivity contribution in [2.75, 3.05) is 5.73 Å². The van der Waals surface area contributed by atoms with E-state index in [2.05, 4.69) is 10.1 Å². The molecule has 0 saturated heterocycles. The van der Waals surface area contributed by atoms with Gasteiger partial charge in [-0.25, -0.2) is 0 Å². The van der Waals surface area contributed by atoms with Crippen molar-refractivity contribution in [1.29, 1.82) is 0 Å². The second-order valence-electron chi connectivity index (χ2n) is 2.87. The zero-order valence-corrected chi connectivity index (χ0v) is 7.71. The summed E-state index contributed by atoms with van der Waals surface area (Å²) in [5.74, 6) is 1.25. The van der Waals surface area contributed by atoms with Gasteiger partial charge in [0, 0.05) is 19.3 Å². The first-order valence-electron chi connectivity index (χ1n) is 4.11. The van der Waals surface area contributed by atoms with E-state index in [1.54, 1.807) is 35.5 Å². The number of nitrogens with two attached hydrogens (primary N) is 1. The summed E-state index contributed by atoms with van der Waals surface area (Å²) in [4.78, 5) is 3.87. The normalized spacial score (nSPS) is 10.1. The second kappa shape index (κ2) is 3.37.